The highest BCUT2D eigenvalue weighted by Gasteiger charge is 2.47. The Labute approximate surface area is 225 Å². The number of aliphatic hydroxyl groups excluding tert-OH is 1. The van der Waals surface area contributed by atoms with Gasteiger partial charge in [-0.05, 0) is 16.7 Å². The predicted molar refractivity (Wildman–Crippen MR) is 146 cm³/mol. The van der Waals surface area contributed by atoms with Gasteiger partial charge in [-0.2, -0.15) is 0 Å². The largest absolute Gasteiger partial charge is 0.387 e. The van der Waals surface area contributed by atoms with E-state index >= 15 is 0 Å². The number of nitrogen functional groups attached to an aromatic ring is 1. The summed E-state index contributed by atoms with van der Waals surface area (Å²) in [6, 6.07) is 30.2. The van der Waals surface area contributed by atoms with E-state index in [4.69, 9.17) is 19.9 Å². The lowest BCUT2D eigenvalue weighted by atomic mass is 9.80. The molecule has 0 aliphatic carbocycles. The van der Waals surface area contributed by atoms with Gasteiger partial charge in [-0.1, -0.05) is 91.0 Å². The van der Waals surface area contributed by atoms with Crippen molar-refractivity contribution in [3.8, 4) is 0 Å². The average Bonchev–Trinajstić information content (AvgIpc) is 3.56. The molecule has 6 rings (SSSR count). The maximum atomic E-state index is 11.3. The fourth-order valence-corrected chi connectivity index (χ4v) is 5.37. The number of aliphatic hydroxyl groups is 1. The smallest absolute Gasteiger partial charge is 0.167 e. The number of anilines is 1. The van der Waals surface area contributed by atoms with Crippen molar-refractivity contribution in [1.82, 2.24) is 19.5 Å². The van der Waals surface area contributed by atoms with Crippen molar-refractivity contribution in [3.63, 3.8) is 0 Å². The van der Waals surface area contributed by atoms with Crippen molar-refractivity contribution in [2.75, 3.05) is 19.5 Å². The molecule has 2 aromatic heterocycles. The van der Waals surface area contributed by atoms with Crippen LogP contribution in [0.25, 0.3) is 11.2 Å². The molecule has 9 heteroatoms. The van der Waals surface area contributed by atoms with Crippen molar-refractivity contribution in [3.05, 3.63) is 120 Å². The lowest BCUT2D eigenvalue weighted by Gasteiger charge is -2.37. The third-order valence-corrected chi connectivity index (χ3v) is 7.25. The second-order valence-electron chi connectivity index (χ2n) is 9.43. The standard InChI is InChI=1S/C30H29N5O4/c1-37-26-25(36)23(39-29(26)35-19-34-24-27(31)32-18-33-28(24)35)17-38-30(20-11-5-2-6-12-20,21-13-7-3-8-14-21)22-15-9-4-10-16-22/h2-16,18-19,23,25-26,29,36H,17H2,1H3,(H2,31,32,33)/t23-,25-,26-,29-/m1/s1. The van der Waals surface area contributed by atoms with Gasteiger partial charge in [0.15, 0.2) is 17.7 Å². The molecule has 1 saturated heterocycles. The molecular weight excluding hydrogens is 494 g/mol. The molecule has 1 aliphatic rings. The summed E-state index contributed by atoms with van der Waals surface area (Å²) in [5.41, 5.74) is 8.87. The first-order chi connectivity index (χ1) is 19.1. The van der Waals surface area contributed by atoms with Gasteiger partial charge in [-0.3, -0.25) is 4.57 Å². The van der Waals surface area contributed by atoms with Crippen LogP contribution in [0, 0.1) is 0 Å². The number of methoxy groups -OCH3 is 1. The molecule has 198 valence electrons. The van der Waals surface area contributed by atoms with Crippen LogP contribution < -0.4 is 5.73 Å². The third-order valence-electron chi connectivity index (χ3n) is 7.25. The monoisotopic (exact) mass is 523 g/mol. The molecule has 9 nitrogen and oxygen atoms in total. The second-order valence-corrected chi connectivity index (χ2v) is 9.43. The van der Waals surface area contributed by atoms with Crippen LogP contribution in [0.1, 0.15) is 22.9 Å². The Morgan fingerprint density at radius 2 is 1.44 bits per heavy atom. The molecule has 0 saturated carbocycles. The zero-order chi connectivity index (χ0) is 26.8. The van der Waals surface area contributed by atoms with Crippen LogP contribution in [0.3, 0.4) is 0 Å². The van der Waals surface area contributed by atoms with Gasteiger partial charge in [0.2, 0.25) is 0 Å². The van der Waals surface area contributed by atoms with E-state index < -0.39 is 30.1 Å². The van der Waals surface area contributed by atoms with Gasteiger partial charge in [-0.15, -0.1) is 0 Å². The summed E-state index contributed by atoms with van der Waals surface area (Å²) >= 11 is 0. The summed E-state index contributed by atoms with van der Waals surface area (Å²) < 4.78 is 20.7. The SMILES string of the molecule is CO[C@@H]1[C@H](O)[C@@H](COC(c2ccccc2)(c2ccccc2)c2ccccc2)O[C@H]1n1cnc2c(N)ncnc21. The number of hydrogen-bond acceptors (Lipinski definition) is 8. The molecule has 1 fully saturated rings. The van der Waals surface area contributed by atoms with Gasteiger partial charge in [0, 0.05) is 7.11 Å². The molecule has 0 radical (unpaired) electrons. The van der Waals surface area contributed by atoms with Gasteiger partial charge >= 0.3 is 0 Å². The van der Waals surface area contributed by atoms with E-state index in [1.165, 1.54) is 13.4 Å². The summed E-state index contributed by atoms with van der Waals surface area (Å²) in [4.78, 5) is 12.7. The summed E-state index contributed by atoms with van der Waals surface area (Å²) in [5.74, 6) is 0.268. The van der Waals surface area contributed by atoms with E-state index in [1.807, 2.05) is 54.6 Å². The van der Waals surface area contributed by atoms with Gasteiger partial charge in [0.25, 0.3) is 0 Å². The number of rotatable bonds is 8. The molecule has 39 heavy (non-hydrogen) atoms. The predicted octanol–water partition coefficient (Wildman–Crippen LogP) is 3.69. The first-order valence-corrected chi connectivity index (χ1v) is 12.7. The van der Waals surface area contributed by atoms with Gasteiger partial charge in [0.1, 0.15) is 35.8 Å². The maximum absolute atomic E-state index is 11.3. The van der Waals surface area contributed by atoms with E-state index in [9.17, 15) is 5.11 Å². The van der Waals surface area contributed by atoms with Crippen molar-refractivity contribution in [1.29, 1.82) is 0 Å². The van der Waals surface area contributed by atoms with Crippen LogP contribution in [0.2, 0.25) is 0 Å². The van der Waals surface area contributed by atoms with Crippen molar-refractivity contribution < 1.29 is 19.3 Å². The van der Waals surface area contributed by atoms with Crippen LogP contribution in [0.15, 0.2) is 104 Å². The summed E-state index contributed by atoms with van der Waals surface area (Å²) in [7, 11) is 1.54. The zero-order valence-corrected chi connectivity index (χ0v) is 21.4. The number of hydrogen-bond donors (Lipinski definition) is 2. The molecule has 3 heterocycles. The quantitative estimate of drug-likeness (QED) is 0.296. The number of aromatic nitrogens is 4. The highest BCUT2D eigenvalue weighted by atomic mass is 16.6. The highest BCUT2D eigenvalue weighted by molar-refractivity contribution is 5.81. The Balaban J connectivity index is 1.38. The second kappa shape index (κ2) is 10.5. The van der Waals surface area contributed by atoms with Crippen LogP contribution in [-0.4, -0.2) is 56.7 Å². The van der Waals surface area contributed by atoms with E-state index in [0.717, 1.165) is 16.7 Å². The fraction of sp³-hybridized carbons (Fsp3) is 0.233. The molecule has 5 aromatic rings. The molecule has 0 spiro atoms. The molecule has 0 unspecified atom stereocenters. The summed E-state index contributed by atoms with van der Waals surface area (Å²) in [6.45, 7) is 0.0833. The van der Waals surface area contributed by atoms with Gasteiger partial charge < -0.3 is 25.1 Å². The maximum Gasteiger partial charge on any atom is 0.167 e. The van der Waals surface area contributed by atoms with Crippen LogP contribution in [-0.2, 0) is 19.8 Å². The van der Waals surface area contributed by atoms with Gasteiger partial charge in [0.05, 0.1) is 12.9 Å². The van der Waals surface area contributed by atoms with Crippen LogP contribution >= 0.6 is 0 Å². The number of ether oxygens (including phenoxy) is 3. The Morgan fingerprint density at radius 3 is 1.97 bits per heavy atom. The van der Waals surface area contributed by atoms with Crippen molar-refractivity contribution in [2.24, 2.45) is 0 Å². The number of nitrogens with two attached hydrogens (primary N) is 1. The van der Waals surface area contributed by atoms with Crippen LogP contribution in [0.4, 0.5) is 5.82 Å². The molecule has 3 aromatic carbocycles. The Kier molecular flexibility index (Phi) is 6.80. The van der Waals surface area contributed by atoms with E-state index in [2.05, 4.69) is 51.4 Å². The lowest BCUT2D eigenvalue weighted by molar-refractivity contribution is -0.0948. The molecule has 0 amide bonds. The van der Waals surface area contributed by atoms with E-state index in [-0.39, 0.29) is 12.4 Å². The fourth-order valence-electron chi connectivity index (χ4n) is 5.37. The van der Waals surface area contributed by atoms with E-state index in [0.29, 0.717) is 11.2 Å². The number of imidazole rings is 1. The number of benzene rings is 3. The Morgan fingerprint density at radius 1 is 0.872 bits per heavy atom. The normalized spacial score (nSPS) is 21.4. The molecule has 4 atom stereocenters. The Hall–Kier alpha value is -4.15. The zero-order valence-electron chi connectivity index (χ0n) is 21.4. The lowest BCUT2D eigenvalue weighted by Crippen LogP contribution is -2.40. The minimum absolute atomic E-state index is 0.0833. The highest BCUT2D eigenvalue weighted by Crippen LogP contribution is 2.42. The number of fused-ring (bicyclic) bond motifs is 1. The third kappa shape index (κ3) is 4.35. The topological polar surface area (TPSA) is 118 Å². The van der Waals surface area contributed by atoms with Crippen molar-refractivity contribution in [2.45, 2.75) is 30.1 Å². The molecular formula is C30H29N5O4. The van der Waals surface area contributed by atoms with Crippen molar-refractivity contribution >= 4 is 17.0 Å². The minimum Gasteiger partial charge on any atom is -0.387 e. The van der Waals surface area contributed by atoms with Gasteiger partial charge in [-0.25, -0.2) is 15.0 Å². The number of nitrogens with zero attached hydrogens (tertiary/aromatic N) is 4. The first kappa shape index (κ1) is 25.1. The van der Waals surface area contributed by atoms with Crippen LogP contribution in [0.5, 0.6) is 0 Å². The molecule has 0 bridgehead atoms. The molecule has 1 aliphatic heterocycles. The van der Waals surface area contributed by atoms with E-state index in [1.54, 1.807) is 10.9 Å². The summed E-state index contributed by atoms with van der Waals surface area (Å²) in [5, 5.41) is 11.3. The molecule has 3 N–H and O–H groups in total. The first-order valence-electron chi connectivity index (χ1n) is 12.7. The average molecular weight is 524 g/mol. The summed E-state index contributed by atoms with van der Waals surface area (Å²) in [6.07, 6.45) is -0.116. The minimum atomic E-state index is -0.975. The Bertz CT molecular complexity index is 1430.